The quantitative estimate of drug-likeness (QED) is 0.903. The predicted molar refractivity (Wildman–Crippen MR) is 79.4 cm³/mol. The van der Waals surface area contributed by atoms with Gasteiger partial charge in [0, 0.05) is 22.5 Å². The second-order valence-corrected chi connectivity index (χ2v) is 8.22. The first kappa shape index (κ1) is 14.1. The van der Waals surface area contributed by atoms with Crippen molar-refractivity contribution in [3.63, 3.8) is 0 Å². The van der Waals surface area contributed by atoms with E-state index < -0.39 is 10.8 Å². The number of thioether (sulfide) groups is 1. The first-order valence-corrected chi connectivity index (χ1v) is 8.73. The number of hydrogen-bond acceptors (Lipinski definition) is 3. The standard InChI is InChI=1S/C14H20O2S2/c1-2-17-14(9-6-10-18(14)16)13(11-15)12-7-4-3-5-8-12/h3-5,7-8,13,15H,2,6,9-11H2,1H3/t13?,14-,18-/m1/s1. The van der Waals surface area contributed by atoms with Gasteiger partial charge in [0.05, 0.1) is 10.7 Å². The maximum Gasteiger partial charge on any atom is 0.0998 e. The zero-order chi connectivity index (χ0) is 13.0. The van der Waals surface area contributed by atoms with Crippen LogP contribution in [0.25, 0.3) is 0 Å². The Hall–Kier alpha value is -0.320. The van der Waals surface area contributed by atoms with Crippen LogP contribution in [0.3, 0.4) is 0 Å². The highest BCUT2D eigenvalue weighted by atomic mass is 32.2. The van der Waals surface area contributed by atoms with Crippen LogP contribution in [0.4, 0.5) is 0 Å². The van der Waals surface area contributed by atoms with Crippen LogP contribution in [-0.4, -0.2) is 31.5 Å². The van der Waals surface area contributed by atoms with Crippen LogP contribution in [0.2, 0.25) is 0 Å². The van der Waals surface area contributed by atoms with Gasteiger partial charge < -0.3 is 5.11 Å². The highest BCUT2D eigenvalue weighted by Crippen LogP contribution is 2.49. The van der Waals surface area contributed by atoms with E-state index in [1.807, 2.05) is 30.3 Å². The molecule has 2 rings (SSSR count). The SMILES string of the molecule is CCS[C@]1(C(CO)c2ccccc2)CCC[S@]1=O. The summed E-state index contributed by atoms with van der Waals surface area (Å²) >= 11 is 1.76. The molecule has 4 heteroatoms. The third-order valence-corrected chi connectivity index (χ3v) is 7.64. The lowest BCUT2D eigenvalue weighted by molar-refractivity contribution is 0.255. The van der Waals surface area contributed by atoms with Crippen LogP contribution in [0.5, 0.6) is 0 Å². The average molecular weight is 284 g/mol. The maximum atomic E-state index is 12.4. The van der Waals surface area contributed by atoms with Crippen LogP contribution in [0.15, 0.2) is 30.3 Å². The minimum Gasteiger partial charge on any atom is -0.396 e. The van der Waals surface area contributed by atoms with Gasteiger partial charge in [-0.05, 0) is 24.2 Å². The van der Waals surface area contributed by atoms with E-state index in [0.29, 0.717) is 0 Å². The van der Waals surface area contributed by atoms with E-state index in [0.717, 1.165) is 29.9 Å². The van der Waals surface area contributed by atoms with Crippen molar-refractivity contribution in [3.05, 3.63) is 35.9 Å². The maximum absolute atomic E-state index is 12.4. The molecule has 0 saturated carbocycles. The van der Waals surface area contributed by atoms with Crippen LogP contribution < -0.4 is 0 Å². The zero-order valence-electron chi connectivity index (χ0n) is 10.7. The molecule has 1 aliphatic heterocycles. The summed E-state index contributed by atoms with van der Waals surface area (Å²) in [5, 5.41) is 9.80. The highest BCUT2D eigenvalue weighted by Gasteiger charge is 2.47. The van der Waals surface area contributed by atoms with Gasteiger partial charge in [0.25, 0.3) is 0 Å². The molecule has 100 valence electrons. The van der Waals surface area contributed by atoms with Gasteiger partial charge in [-0.3, -0.25) is 4.21 Å². The Morgan fingerprint density at radius 1 is 1.44 bits per heavy atom. The summed E-state index contributed by atoms with van der Waals surface area (Å²) in [6.07, 6.45) is 1.95. The molecule has 2 nitrogen and oxygen atoms in total. The first-order chi connectivity index (χ1) is 8.74. The Balaban J connectivity index is 2.37. The molecular weight excluding hydrogens is 264 g/mol. The van der Waals surface area contributed by atoms with Gasteiger partial charge in [-0.1, -0.05) is 37.3 Å². The van der Waals surface area contributed by atoms with Crippen molar-refractivity contribution in [2.75, 3.05) is 18.1 Å². The van der Waals surface area contributed by atoms with Crippen LogP contribution in [-0.2, 0) is 10.8 Å². The number of aliphatic hydroxyl groups excluding tert-OH is 1. The van der Waals surface area contributed by atoms with E-state index in [9.17, 15) is 9.32 Å². The van der Waals surface area contributed by atoms with Crippen molar-refractivity contribution < 1.29 is 9.32 Å². The summed E-state index contributed by atoms with van der Waals surface area (Å²) in [5.74, 6) is 1.69. The van der Waals surface area contributed by atoms with Crippen LogP contribution in [0, 0.1) is 0 Å². The predicted octanol–water partition coefficient (Wildman–Crippen LogP) is 2.75. The second-order valence-electron chi connectivity index (χ2n) is 4.54. The third-order valence-electron chi connectivity index (χ3n) is 3.54. The van der Waals surface area contributed by atoms with Crippen molar-refractivity contribution in [1.29, 1.82) is 0 Å². The highest BCUT2D eigenvalue weighted by molar-refractivity contribution is 8.12. The molecular formula is C14H20O2S2. The molecule has 0 amide bonds. The Morgan fingerprint density at radius 3 is 2.67 bits per heavy atom. The number of hydrogen-bond donors (Lipinski definition) is 1. The fourth-order valence-corrected chi connectivity index (χ4v) is 6.71. The van der Waals surface area contributed by atoms with Gasteiger partial charge in [0.2, 0.25) is 0 Å². The van der Waals surface area contributed by atoms with E-state index in [2.05, 4.69) is 6.92 Å². The van der Waals surface area contributed by atoms with E-state index in [1.54, 1.807) is 11.8 Å². The Kier molecular flexibility index (Phi) is 4.87. The van der Waals surface area contributed by atoms with E-state index in [4.69, 9.17) is 0 Å². The van der Waals surface area contributed by atoms with E-state index in [1.165, 1.54) is 0 Å². The molecule has 18 heavy (non-hydrogen) atoms. The molecule has 0 spiro atoms. The number of benzene rings is 1. The van der Waals surface area contributed by atoms with Crippen LogP contribution in [0.1, 0.15) is 31.2 Å². The third kappa shape index (κ3) is 2.51. The summed E-state index contributed by atoms with van der Waals surface area (Å²) in [7, 11) is -0.847. The normalized spacial score (nSPS) is 29.3. The van der Waals surface area contributed by atoms with Crippen molar-refractivity contribution in [3.8, 4) is 0 Å². The van der Waals surface area contributed by atoms with Crippen molar-refractivity contribution in [1.82, 2.24) is 0 Å². The summed E-state index contributed by atoms with van der Waals surface area (Å²) in [5.41, 5.74) is 1.11. The fourth-order valence-electron chi connectivity index (χ4n) is 2.74. The molecule has 0 bridgehead atoms. The van der Waals surface area contributed by atoms with Gasteiger partial charge in [-0.15, -0.1) is 11.8 Å². The van der Waals surface area contributed by atoms with Gasteiger partial charge in [0.1, 0.15) is 0 Å². The summed E-state index contributed by atoms with van der Waals surface area (Å²) in [6, 6.07) is 10.0. The molecule has 1 fully saturated rings. The summed E-state index contributed by atoms with van der Waals surface area (Å²) < 4.78 is 12.2. The molecule has 1 aromatic rings. The van der Waals surface area contributed by atoms with E-state index in [-0.39, 0.29) is 16.6 Å². The van der Waals surface area contributed by atoms with Crippen molar-refractivity contribution >= 4 is 22.6 Å². The summed E-state index contributed by atoms with van der Waals surface area (Å²) in [6.45, 7) is 2.17. The van der Waals surface area contributed by atoms with E-state index >= 15 is 0 Å². The van der Waals surface area contributed by atoms with Gasteiger partial charge in [-0.2, -0.15) is 0 Å². The monoisotopic (exact) mass is 284 g/mol. The molecule has 1 heterocycles. The minimum atomic E-state index is -0.847. The summed E-state index contributed by atoms with van der Waals surface area (Å²) in [4.78, 5) is 0. The lowest BCUT2D eigenvalue weighted by Crippen LogP contribution is -2.36. The Labute approximate surface area is 116 Å². The number of rotatable bonds is 5. The molecule has 1 unspecified atom stereocenters. The average Bonchev–Trinajstić information content (AvgIpc) is 2.74. The molecule has 1 saturated heterocycles. The first-order valence-electron chi connectivity index (χ1n) is 6.43. The Bertz CT molecular complexity index is 408. The van der Waals surface area contributed by atoms with Crippen LogP contribution >= 0.6 is 11.8 Å². The van der Waals surface area contributed by atoms with Crippen molar-refractivity contribution in [2.45, 2.75) is 29.8 Å². The lowest BCUT2D eigenvalue weighted by Gasteiger charge is -2.35. The Morgan fingerprint density at radius 2 is 2.17 bits per heavy atom. The topological polar surface area (TPSA) is 37.3 Å². The minimum absolute atomic E-state index is 0.0213. The fraction of sp³-hybridized carbons (Fsp3) is 0.571. The molecule has 1 aromatic carbocycles. The second kappa shape index (κ2) is 6.22. The van der Waals surface area contributed by atoms with Gasteiger partial charge in [-0.25, -0.2) is 0 Å². The lowest BCUT2D eigenvalue weighted by atomic mass is 9.93. The van der Waals surface area contributed by atoms with Gasteiger partial charge >= 0.3 is 0 Å². The van der Waals surface area contributed by atoms with Gasteiger partial charge in [0.15, 0.2) is 0 Å². The number of aliphatic hydroxyl groups is 1. The molecule has 0 aliphatic carbocycles. The largest absolute Gasteiger partial charge is 0.396 e. The molecule has 1 N–H and O–H groups in total. The zero-order valence-corrected chi connectivity index (χ0v) is 12.3. The van der Waals surface area contributed by atoms with Crippen molar-refractivity contribution in [2.24, 2.45) is 0 Å². The molecule has 0 aromatic heterocycles. The molecule has 3 atom stereocenters. The smallest absolute Gasteiger partial charge is 0.0998 e. The molecule has 1 aliphatic rings. The molecule has 0 radical (unpaired) electrons.